The van der Waals surface area contributed by atoms with Crippen LogP contribution in [0.15, 0.2) is 18.2 Å². The fourth-order valence-electron chi connectivity index (χ4n) is 1.42. The molecule has 5 nitrogen and oxygen atoms in total. The molecule has 0 spiro atoms. The van der Waals surface area contributed by atoms with Crippen LogP contribution in [0, 0.1) is 29.4 Å². The van der Waals surface area contributed by atoms with Crippen molar-refractivity contribution in [3.05, 3.63) is 39.4 Å². The first kappa shape index (κ1) is 12.7. The molecule has 0 heterocycles. The molecule has 1 aromatic rings. The number of carbonyl (C=O) groups is 1. The van der Waals surface area contributed by atoms with E-state index in [1.54, 1.807) is 14.0 Å². The molecular formula is C12H12N2O3. The van der Waals surface area contributed by atoms with Crippen molar-refractivity contribution < 1.29 is 9.72 Å². The molecular weight excluding hydrogens is 220 g/mol. The number of carbonyl (C=O) groups excluding carboxylic acids is 1. The van der Waals surface area contributed by atoms with Crippen molar-refractivity contribution in [2.75, 3.05) is 13.6 Å². The van der Waals surface area contributed by atoms with Crippen LogP contribution >= 0.6 is 0 Å². The number of nitrogens with zero attached hydrogens (tertiary/aromatic N) is 2. The van der Waals surface area contributed by atoms with E-state index in [2.05, 4.69) is 5.92 Å². The van der Waals surface area contributed by atoms with Gasteiger partial charge in [-0.25, -0.2) is 0 Å². The van der Waals surface area contributed by atoms with Crippen molar-refractivity contribution in [3.63, 3.8) is 0 Å². The quantitative estimate of drug-likeness (QED) is 0.452. The summed E-state index contributed by atoms with van der Waals surface area (Å²) < 4.78 is 0. The Labute approximate surface area is 99.2 Å². The predicted octanol–water partition coefficient (Wildman–Crippen LogP) is 1.61. The fourth-order valence-corrected chi connectivity index (χ4v) is 1.42. The van der Waals surface area contributed by atoms with Gasteiger partial charge in [0, 0.05) is 24.7 Å². The molecule has 0 N–H and O–H groups in total. The molecule has 0 aliphatic rings. The van der Waals surface area contributed by atoms with Crippen LogP contribution in [-0.4, -0.2) is 29.3 Å². The molecule has 0 atom stereocenters. The Morgan fingerprint density at radius 3 is 2.71 bits per heavy atom. The lowest BCUT2D eigenvalue weighted by Crippen LogP contribution is -2.27. The molecule has 0 aromatic heterocycles. The van der Waals surface area contributed by atoms with Gasteiger partial charge < -0.3 is 4.90 Å². The summed E-state index contributed by atoms with van der Waals surface area (Å²) >= 11 is 0. The standard InChI is InChI=1S/C12H12N2O3/c1-4-7-13(3)12(15)11-6-5-10(14(16)17)8-9(11)2/h1,5-6,8H,7H2,2-3H3. The normalized spacial score (nSPS) is 9.47. The molecule has 0 fully saturated rings. The van der Waals surface area contributed by atoms with Gasteiger partial charge in [-0.05, 0) is 18.6 Å². The summed E-state index contributed by atoms with van der Waals surface area (Å²) in [5, 5.41) is 10.6. The second-order valence-corrected chi connectivity index (χ2v) is 3.62. The van der Waals surface area contributed by atoms with Crippen molar-refractivity contribution in [3.8, 4) is 12.3 Å². The highest BCUT2D eigenvalue weighted by Crippen LogP contribution is 2.18. The lowest BCUT2D eigenvalue weighted by Gasteiger charge is -2.15. The Kier molecular flexibility index (Phi) is 3.83. The number of aryl methyl sites for hydroxylation is 1. The zero-order valence-electron chi connectivity index (χ0n) is 9.64. The summed E-state index contributed by atoms with van der Waals surface area (Å²) in [6.07, 6.45) is 5.11. The first-order chi connectivity index (χ1) is 7.97. The van der Waals surface area contributed by atoms with Crippen molar-refractivity contribution in [1.29, 1.82) is 0 Å². The Morgan fingerprint density at radius 1 is 1.59 bits per heavy atom. The van der Waals surface area contributed by atoms with Crippen LogP contribution in [0.4, 0.5) is 5.69 Å². The number of nitro benzene ring substituents is 1. The molecule has 0 saturated carbocycles. The number of non-ortho nitro benzene ring substituents is 1. The van der Waals surface area contributed by atoms with Gasteiger partial charge in [0.05, 0.1) is 11.5 Å². The molecule has 5 heteroatoms. The zero-order valence-corrected chi connectivity index (χ0v) is 9.64. The van der Waals surface area contributed by atoms with Gasteiger partial charge in [-0.1, -0.05) is 5.92 Å². The van der Waals surface area contributed by atoms with E-state index in [9.17, 15) is 14.9 Å². The van der Waals surface area contributed by atoms with Gasteiger partial charge in [0.15, 0.2) is 0 Å². The minimum absolute atomic E-state index is 0.0290. The van der Waals surface area contributed by atoms with Crippen LogP contribution in [0.25, 0.3) is 0 Å². The fraction of sp³-hybridized carbons (Fsp3) is 0.250. The third-order valence-corrected chi connectivity index (χ3v) is 2.33. The molecule has 1 amide bonds. The molecule has 0 bridgehead atoms. The monoisotopic (exact) mass is 232 g/mol. The van der Waals surface area contributed by atoms with Crippen molar-refractivity contribution in [2.24, 2.45) is 0 Å². The minimum Gasteiger partial charge on any atom is -0.331 e. The first-order valence-corrected chi connectivity index (χ1v) is 4.91. The predicted molar refractivity (Wildman–Crippen MR) is 63.6 cm³/mol. The highest BCUT2D eigenvalue weighted by molar-refractivity contribution is 5.95. The van der Waals surface area contributed by atoms with Gasteiger partial charge in [0.25, 0.3) is 11.6 Å². The maximum atomic E-state index is 11.9. The maximum Gasteiger partial charge on any atom is 0.269 e. The third kappa shape index (κ3) is 2.82. The Hall–Kier alpha value is -2.35. The number of nitro groups is 1. The van der Waals surface area contributed by atoms with Crippen molar-refractivity contribution in [1.82, 2.24) is 4.90 Å². The van der Waals surface area contributed by atoms with E-state index in [4.69, 9.17) is 6.42 Å². The minimum atomic E-state index is -0.494. The molecule has 1 rings (SSSR count). The number of hydrogen-bond acceptors (Lipinski definition) is 3. The van der Waals surface area contributed by atoms with Crippen molar-refractivity contribution >= 4 is 11.6 Å². The highest BCUT2D eigenvalue weighted by Gasteiger charge is 2.16. The van der Waals surface area contributed by atoms with Crippen LogP contribution < -0.4 is 0 Å². The van der Waals surface area contributed by atoms with Gasteiger partial charge in [-0.3, -0.25) is 14.9 Å². The second-order valence-electron chi connectivity index (χ2n) is 3.62. The van der Waals surface area contributed by atoms with Crippen LogP contribution in [0.1, 0.15) is 15.9 Å². The van der Waals surface area contributed by atoms with E-state index in [0.29, 0.717) is 11.1 Å². The smallest absolute Gasteiger partial charge is 0.269 e. The van der Waals surface area contributed by atoms with E-state index >= 15 is 0 Å². The molecule has 88 valence electrons. The number of amides is 1. The van der Waals surface area contributed by atoms with E-state index in [1.165, 1.54) is 23.1 Å². The number of benzene rings is 1. The molecule has 17 heavy (non-hydrogen) atoms. The van der Waals surface area contributed by atoms with Crippen LogP contribution in [-0.2, 0) is 0 Å². The average Bonchev–Trinajstić information content (AvgIpc) is 2.28. The highest BCUT2D eigenvalue weighted by atomic mass is 16.6. The van der Waals surface area contributed by atoms with E-state index in [1.807, 2.05) is 0 Å². The van der Waals surface area contributed by atoms with Gasteiger partial charge in [-0.2, -0.15) is 0 Å². The van der Waals surface area contributed by atoms with Gasteiger partial charge in [0.1, 0.15) is 0 Å². The topological polar surface area (TPSA) is 63.5 Å². The van der Waals surface area contributed by atoms with Gasteiger partial charge in [0.2, 0.25) is 0 Å². The lowest BCUT2D eigenvalue weighted by molar-refractivity contribution is -0.384. The molecule has 0 radical (unpaired) electrons. The molecule has 0 saturated heterocycles. The van der Waals surface area contributed by atoms with Gasteiger partial charge >= 0.3 is 0 Å². The molecule has 1 aromatic carbocycles. The zero-order chi connectivity index (χ0) is 13.0. The number of terminal acetylenes is 1. The van der Waals surface area contributed by atoms with Crippen LogP contribution in [0.5, 0.6) is 0 Å². The van der Waals surface area contributed by atoms with Crippen LogP contribution in [0.3, 0.4) is 0 Å². The molecule has 0 aliphatic carbocycles. The summed E-state index contributed by atoms with van der Waals surface area (Å²) in [6, 6.07) is 4.13. The first-order valence-electron chi connectivity index (χ1n) is 4.91. The van der Waals surface area contributed by atoms with E-state index in [0.717, 1.165) is 0 Å². The Morgan fingerprint density at radius 2 is 2.24 bits per heavy atom. The Bertz CT molecular complexity index is 503. The third-order valence-electron chi connectivity index (χ3n) is 2.33. The summed E-state index contributed by atoms with van der Waals surface area (Å²) in [7, 11) is 1.59. The summed E-state index contributed by atoms with van der Waals surface area (Å²) in [5.74, 6) is 2.12. The van der Waals surface area contributed by atoms with Gasteiger partial charge in [-0.15, -0.1) is 6.42 Å². The number of rotatable bonds is 3. The lowest BCUT2D eigenvalue weighted by atomic mass is 10.1. The maximum absolute atomic E-state index is 11.9. The number of hydrogen-bond donors (Lipinski definition) is 0. The molecule has 0 aliphatic heterocycles. The summed E-state index contributed by atoms with van der Waals surface area (Å²) in [4.78, 5) is 23.3. The second kappa shape index (κ2) is 5.12. The average molecular weight is 232 g/mol. The van der Waals surface area contributed by atoms with E-state index < -0.39 is 4.92 Å². The van der Waals surface area contributed by atoms with Crippen molar-refractivity contribution in [2.45, 2.75) is 6.92 Å². The summed E-state index contributed by atoms with van der Waals surface area (Å²) in [6.45, 7) is 1.86. The van der Waals surface area contributed by atoms with Crippen LogP contribution in [0.2, 0.25) is 0 Å². The largest absolute Gasteiger partial charge is 0.331 e. The molecule has 0 unspecified atom stereocenters. The summed E-state index contributed by atoms with van der Waals surface area (Å²) in [5.41, 5.74) is 0.958. The Balaban J connectivity index is 3.05. The SMILES string of the molecule is C#CCN(C)C(=O)c1ccc([N+](=O)[O-])cc1C. The van der Waals surface area contributed by atoms with E-state index in [-0.39, 0.29) is 18.1 Å².